The molecule has 22 heteroatoms. The van der Waals surface area contributed by atoms with Crippen molar-refractivity contribution in [2.24, 2.45) is 10.2 Å². The van der Waals surface area contributed by atoms with Crippen molar-refractivity contribution >= 4 is 31.4 Å². The Morgan fingerprint density at radius 1 is 0.556 bits per heavy atom. The molecule has 2 N–H and O–H groups in total. The molecule has 2 aromatic rings. The Balaban J connectivity index is 2.31. The Hall–Kier alpha value is -3.68. The maximum atomic E-state index is 14.0. The Morgan fingerprint density at radius 3 is 1.03 bits per heavy atom. The van der Waals surface area contributed by atoms with Gasteiger partial charge < -0.3 is 0 Å². The van der Waals surface area contributed by atoms with Crippen LogP contribution in [0.2, 0.25) is 0 Å². The quantitative estimate of drug-likeness (QED) is 0.116. The van der Waals surface area contributed by atoms with Crippen LogP contribution in [0.25, 0.3) is 20.9 Å². The van der Waals surface area contributed by atoms with E-state index in [1.165, 1.54) is 9.44 Å². The smallest absolute Gasteiger partial charge is 0.210 e. The summed E-state index contributed by atoms with van der Waals surface area (Å²) < 4.78 is 162. The first-order chi connectivity index (χ1) is 16.6. The first-order valence-corrected chi connectivity index (χ1v) is 11.4. The first-order valence-electron chi connectivity index (χ1n) is 8.45. The van der Waals surface area contributed by atoms with Gasteiger partial charge in [0.2, 0.25) is 20.0 Å². The highest BCUT2D eigenvalue weighted by molar-refractivity contribution is 7.90. The van der Waals surface area contributed by atoms with E-state index in [1.54, 1.807) is 0 Å². The first kappa shape index (κ1) is 28.6. The fraction of sp³-hybridized carbons (Fsp3) is 0.143. The number of hydrogen-bond donors (Lipinski definition) is 2. The molecule has 0 aliphatic rings. The van der Waals surface area contributed by atoms with Crippen molar-refractivity contribution in [1.29, 1.82) is 0 Å². The zero-order valence-electron chi connectivity index (χ0n) is 16.6. The molecule has 36 heavy (non-hydrogen) atoms. The lowest BCUT2D eigenvalue weighted by Crippen LogP contribution is -2.36. The molecule has 0 heterocycles. The van der Waals surface area contributed by atoms with Crippen LogP contribution in [0.4, 0.5) is 46.5 Å². The van der Waals surface area contributed by atoms with Gasteiger partial charge in [0, 0.05) is 22.9 Å². The minimum Gasteiger partial charge on any atom is -0.210 e. The summed E-state index contributed by atoms with van der Waals surface area (Å²) in [6.45, 7) is -2.40. The Bertz CT molecular complexity index is 1400. The molecule has 0 amide bonds. The average Bonchev–Trinajstić information content (AvgIpc) is 2.79. The molecule has 0 aromatic heterocycles. The number of hydrogen-bond acceptors (Lipinski definition) is 6. The van der Waals surface area contributed by atoms with Crippen LogP contribution in [0.5, 0.6) is 0 Å². The van der Waals surface area contributed by atoms with E-state index in [4.69, 9.17) is 11.1 Å². The fourth-order valence-electron chi connectivity index (χ4n) is 2.45. The number of azide groups is 2. The highest BCUT2D eigenvalue weighted by atomic mass is 32.2. The molecular formula is C14H6F8N8O4S2. The third-order valence-electron chi connectivity index (χ3n) is 3.94. The second-order valence-electron chi connectivity index (χ2n) is 6.04. The third kappa shape index (κ3) is 5.12. The molecule has 2 rings (SSSR count). The van der Waals surface area contributed by atoms with Gasteiger partial charge in [0.1, 0.15) is 11.4 Å². The molecule has 0 radical (unpaired) electrons. The van der Waals surface area contributed by atoms with Crippen molar-refractivity contribution in [3.63, 3.8) is 0 Å². The Kier molecular flexibility index (Phi) is 8.34. The second kappa shape index (κ2) is 10.5. The number of halogens is 8. The van der Waals surface area contributed by atoms with Crippen LogP contribution in [0.3, 0.4) is 0 Å². The van der Waals surface area contributed by atoms with E-state index in [2.05, 4.69) is 10.2 Å². The van der Waals surface area contributed by atoms with Crippen molar-refractivity contribution in [2.75, 3.05) is 13.1 Å². The zero-order chi connectivity index (χ0) is 27.6. The van der Waals surface area contributed by atoms with Crippen LogP contribution in [0.1, 0.15) is 0 Å². The van der Waals surface area contributed by atoms with E-state index < -0.39 is 101 Å². The summed E-state index contributed by atoms with van der Waals surface area (Å²) >= 11 is 0. The largest absolute Gasteiger partial charge is 0.246 e. The summed E-state index contributed by atoms with van der Waals surface area (Å²) in [5.41, 5.74) is 12.7. The predicted molar refractivity (Wildman–Crippen MR) is 101 cm³/mol. The molecule has 0 aliphatic heterocycles. The Morgan fingerprint density at radius 2 is 0.806 bits per heavy atom. The van der Waals surface area contributed by atoms with Gasteiger partial charge >= 0.3 is 0 Å². The molecule has 194 valence electrons. The average molecular weight is 566 g/mol. The summed E-state index contributed by atoms with van der Waals surface area (Å²) in [5, 5.41) is 4.69. The normalized spacial score (nSPS) is 11.7. The maximum Gasteiger partial charge on any atom is 0.246 e. The van der Waals surface area contributed by atoms with Crippen molar-refractivity contribution in [1.82, 2.24) is 9.44 Å². The van der Waals surface area contributed by atoms with Gasteiger partial charge in [-0.15, -0.1) is 0 Å². The number of nitrogens with one attached hydrogen (secondary N) is 2. The van der Waals surface area contributed by atoms with Crippen LogP contribution in [-0.2, 0) is 20.0 Å². The highest BCUT2D eigenvalue weighted by Crippen LogP contribution is 2.34. The molecule has 12 nitrogen and oxygen atoms in total. The van der Waals surface area contributed by atoms with E-state index in [1.807, 2.05) is 9.82 Å². The van der Waals surface area contributed by atoms with Gasteiger partial charge in [-0.1, -0.05) is 10.2 Å². The monoisotopic (exact) mass is 566 g/mol. The summed E-state index contributed by atoms with van der Waals surface area (Å²) in [6, 6.07) is 0. The lowest BCUT2D eigenvalue weighted by molar-refractivity contribution is 0.420. The van der Waals surface area contributed by atoms with E-state index in [0.717, 1.165) is 0 Å². The van der Waals surface area contributed by atoms with Gasteiger partial charge in [-0.3, -0.25) is 0 Å². The van der Waals surface area contributed by atoms with E-state index >= 15 is 0 Å². The van der Waals surface area contributed by atoms with Gasteiger partial charge in [-0.25, -0.2) is 61.4 Å². The van der Waals surface area contributed by atoms with Gasteiger partial charge in [0.15, 0.2) is 56.3 Å². The molecule has 2 aromatic carbocycles. The molecule has 0 saturated carbocycles. The molecule has 0 saturated heterocycles. The third-order valence-corrected chi connectivity index (χ3v) is 6.90. The summed E-state index contributed by atoms with van der Waals surface area (Å²) in [5.74, 6) is -19.6. The number of sulfonamides is 2. The van der Waals surface area contributed by atoms with Crippen LogP contribution in [0, 0.1) is 46.5 Å². The number of nitrogens with zero attached hydrogens (tertiary/aromatic N) is 6. The molecular weight excluding hydrogens is 560 g/mol. The molecule has 0 fully saturated rings. The van der Waals surface area contributed by atoms with Crippen molar-refractivity contribution < 1.29 is 52.0 Å². The number of benzene rings is 2. The summed E-state index contributed by atoms with van der Waals surface area (Å²) in [4.78, 5) is -0.644. The molecule has 0 bridgehead atoms. The minimum absolute atomic E-state index is 1.20. The van der Waals surface area contributed by atoms with E-state index in [9.17, 15) is 52.0 Å². The molecule has 0 aliphatic carbocycles. The van der Waals surface area contributed by atoms with Crippen LogP contribution >= 0.6 is 0 Å². The summed E-state index contributed by atoms with van der Waals surface area (Å²) in [6.07, 6.45) is 0. The van der Waals surface area contributed by atoms with Crippen molar-refractivity contribution in [3.05, 3.63) is 67.4 Å². The predicted octanol–water partition coefficient (Wildman–Crippen LogP) is 3.94. The summed E-state index contributed by atoms with van der Waals surface area (Å²) in [7, 11) is -11.0. The standard InChI is InChI=1S/C14H6F8N8O4S2/c15-3-7(19)13(8(20)4(16)11(3)27-29-23)35(31,32)25-1-2-26-36(33,34)14-9(21)5(17)12(28-30-24)6(18)10(14)22/h25-26H,1-2H2. The van der Waals surface area contributed by atoms with Crippen molar-refractivity contribution in [3.8, 4) is 0 Å². The van der Waals surface area contributed by atoms with Crippen LogP contribution in [-0.4, -0.2) is 29.9 Å². The lowest BCUT2D eigenvalue weighted by atomic mass is 10.2. The minimum atomic E-state index is -5.49. The molecule has 0 spiro atoms. The maximum absolute atomic E-state index is 14.0. The van der Waals surface area contributed by atoms with Crippen LogP contribution < -0.4 is 9.44 Å². The van der Waals surface area contributed by atoms with Crippen molar-refractivity contribution in [2.45, 2.75) is 9.79 Å². The topological polar surface area (TPSA) is 190 Å². The van der Waals surface area contributed by atoms with Gasteiger partial charge in [-0.05, 0) is 11.1 Å². The number of rotatable bonds is 9. The van der Waals surface area contributed by atoms with Gasteiger partial charge in [-0.2, -0.15) is 0 Å². The van der Waals surface area contributed by atoms with E-state index in [0.29, 0.717) is 0 Å². The molecule has 0 atom stereocenters. The zero-order valence-corrected chi connectivity index (χ0v) is 18.2. The second-order valence-corrected chi connectivity index (χ2v) is 9.45. The SMILES string of the molecule is [N-]=[N+]=Nc1c(F)c(F)c(S(=O)(=O)NCCNS(=O)(=O)c2c(F)c(F)c(N=[N+]=[N-])c(F)c2F)c(F)c1F. The van der Waals surface area contributed by atoms with E-state index in [-0.39, 0.29) is 0 Å². The fourth-order valence-corrected chi connectivity index (χ4v) is 4.78. The molecule has 0 unspecified atom stereocenters. The lowest BCUT2D eigenvalue weighted by Gasteiger charge is -2.13. The highest BCUT2D eigenvalue weighted by Gasteiger charge is 2.34. The van der Waals surface area contributed by atoms with Crippen LogP contribution in [0.15, 0.2) is 20.0 Å². The Labute approximate surface area is 193 Å². The van der Waals surface area contributed by atoms with Gasteiger partial charge in [0.25, 0.3) is 0 Å². The van der Waals surface area contributed by atoms with Gasteiger partial charge in [0.05, 0.1) is 0 Å².